The predicted molar refractivity (Wildman–Crippen MR) is 94.1 cm³/mol. The van der Waals surface area contributed by atoms with Crippen LogP contribution < -0.4 is 4.74 Å². The average Bonchev–Trinajstić information content (AvgIpc) is 2.89. The summed E-state index contributed by atoms with van der Waals surface area (Å²) in [6.07, 6.45) is 4.73. The number of rotatable bonds is 4. The van der Waals surface area contributed by atoms with Gasteiger partial charge in [-0.1, -0.05) is 48.5 Å². The van der Waals surface area contributed by atoms with Crippen LogP contribution in [-0.4, -0.2) is 29.9 Å². The second-order valence-electron chi connectivity index (χ2n) is 6.54. The first-order valence-electron chi connectivity index (χ1n) is 8.42. The van der Waals surface area contributed by atoms with Gasteiger partial charge in [-0.15, -0.1) is 0 Å². The van der Waals surface area contributed by atoms with Gasteiger partial charge in [0.1, 0.15) is 5.75 Å². The van der Waals surface area contributed by atoms with Crippen LogP contribution in [0.3, 0.4) is 0 Å². The third-order valence-corrected chi connectivity index (χ3v) is 5.19. The van der Waals surface area contributed by atoms with Gasteiger partial charge in [0.15, 0.2) is 5.78 Å². The van der Waals surface area contributed by atoms with Crippen LogP contribution in [0.15, 0.2) is 66.7 Å². The van der Waals surface area contributed by atoms with Gasteiger partial charge in [-0.25, -0.2) is 0 Å². The molecule has 1 saturated heterocycles. The number of fused-ring (bicyclic) bond motifs is 2. The highest BCUT2D eigenvalue weighted by Crippen LogP contribution is 2.42. The van der Waals surface area contributed by atoms with E-state index in [9.17, 15) is 4.79 Å². The smallest absolute Gasteiger partial charge is 0.172 e. The number of nitrogens with zero attached hydrogens (tertiary/aromatic N) is 1. The summed E-state index contributed by atoms with van der Waals surface area (Å²) >= 11 is 0. The number of benzene rings is 2. The van der Waals surface area contributed by atoms with Crippen molar-refractivity contribution in [2.24, 2.45) is 0 Å². The highest BCUT2D eigenvalue weighted by atomic mass is 16.5. The Hall–Kier alpha value is -2.39. The molecule has 2 aromatic rings. The number of carbonyl (C=O) groups excluding carboxylic acids is 1. The van der Waals surface area contributed by atoms with Crippen molar-refractivity contribution >= 4 is 5.78 Å². The quantitative estimate of drug-likeness (QED) is 0.863. The zero-order valence-corrected chi connectivity index (χ0v) is 13.8. The molecule has 0 unspecified atom stereocenters. The predicted octanol–water partition coefficient (Wildman–Crippen LogP) is 3.56. The number of hydrogen-bond acceptors (Lipinski definition) is 3. The van der Waals surface area contributed by atoms with Crippen molar-refractivity contribution < 1.29 is 9.53 Å². The van der Waals surface area contributed by atoms with Gasteiger partial charge >= 0.3 is 0 Å². The van der Waals surface area contributed by atoms with Crippen molar-refractivity contribution in [1.82, 2.24) is 4.90 Å². The van der Waals surface area contributed by atoms with E-state index in [-0.39, 0.29) is 17.9 Å². The lowest BCUT2D eigenvalue weighted by Gasteiger charge is -2.31. The van der Waals surface area contributed by atoms with Crippen LogP contribution in [0.25, 0.3) is 0 Å². The summed E-state index contributed by atoms with van der Waals surface area (Å²) < 4.78 is 5.37. The Labute approximate surface area is 142 Å². The second kappa shape index (κ2) is 6.25. The van der Waals surface area contributed by atoms with E-state index in [1.54, 1.807) is 13.2 Å². The molecule has 2 aliphatic rings. The van der Waals surface area contributed by atoms with Gasteiger partial charge in [-0.05, 0) is 35.8 Å². The minimum Gasteiger partial charge on any atom is -0.497 e. The van der Waals surface area contributed by atoms with Crippen LogP contribution in [0.1, 0.15) is 23.5 Å². The van der Waals surface area contributed by atoms with Gasteiger partial charge in [-0.3, -0.25) is 9.69 Å². The number of hydrogen-bond donors (Lipinski definition) is 0. The topological polar surface area (TPSA) is 29.5 Å². The van der Waals surface area contributed by atoms with Gasteiger partial charge < -0.3 is 4.74 Å². The maximum Gasteiger partial charge on any atom is 0.172 e. The Morgan fingerprint density at radius 2 is 1.96 bits per heavy atom. The van der Waals surface area contributed by atoms with E-state index in [4.69, 9.17) is 4.74 Å². The average molecular weight is 319 g/mol. The standard InChI is InChI=1S/C21H21NO2/c1-24-17-9-5-8-16(12-17)18-13-20-21(23)11-10-19(18)22(20)14-15-6-3-2-4-7-15/h2-12,18-20H,13-14H2,1H3/t18-,19-,20+/m1/s1. The van der Waals surface area contributed by atoms with Gasteiger partial charge in [0.25, 0.3) is 0 Å². The molecule has 0 spiro atoms. The van der Waals surface area contributed by atoms with Crippen LogP contribution in [-0.2, 0) is 11.3 Å². The maximum absolute atomic E-state index is 12.4. The minimum absolute atomic E-state index is 0.0172. The van der Waals surface area contributed by atoms with Crippen LogP contribution in [0.4, 0.5) is 0 Å². The first kappa shape index (κ1) is 15.2. The summed E-state index contributed by atoms with van der Waals surface area (Å²) in [5.74, 6) is 1.43. The summed E-state index contributed by atoms with van der Waals surface area (Å²) in [5, 5.41) is 0. The van der Waals surface area contributed by atoms with E-state index in [0.29, 0.717) is 5.92 Å². The summed E-state index contributed by atoms with van der Waals surface area (Å²) in [6, 6.07) is 18.9. The van der Waals surface area contributed by atoms with E-state index < -0.39 is 0 Å². The lowest BCUT2D eigenvalue weighted by atomic mass is 9.91. The molecule has 3 nitrogen and oxygen atoms in total. The molecule has 0 saturated carbocycles. The van der Waals surface area contributed by atoms with Crippen LogP contribution in [0, 0.1) is 0 Å². The molecule has 1 fully saturated rings. The number of ketones is 1. The maximum atomic E-state index is 12.4. The molecule has 0 N–H and O–H groups in total. The summed E-state index contributed by atoms with van der Waals surface area (Å²) in [7, 11) is 1.69. The van der Waals surface area contributed by atoms with E-state index in [0.717, 1.165) is 18.7 Å². The molecule has 122 valence electrons. The van der Waals surface area contributed by atoms with Gasteiger partial charge in [0.2, 0.25) is 0 Å². The molecular weight excluding hydrogens is 298 g/mol. The molecule has 4 rings (SSSR count). The van der Waals surface area contributed by atoms with Crippen molar-refractivity contribution in [2.45, 2.75) is 31.0 Å². The highest BCUT2D eigenvalue weighted by Gasteiger charge is 2.45. The number of ether oxygens (including phenoxy) is 1. The third kappa shape index (κ3) is 2.65. The summed E-state index contributed by atoms with van der Waals surface area (Å²) in [6.45, 7) is 0.812. The Kier molecular flexibility index (Phi) is 3.95. The molecule has 2 aliphatic heterocycles. The Bertz CT molecular complexity index is 768. The molecule has 3 atom stereocenters. The van der Waals surface area contributed by atoms with Crippen molar-refractivity contribution in [2.75, 3.05) is 7.11 Å². The lowest BCUT2D eigenvalue weighted by molar-refractivity contribution is -0.119. The molecule has 2 aromatic carbocycles. The number of methoxy groups -OCH3 is 1. The first-order chi connectivity index (χ1) is 11.8. The third-order valence-electron chi connectivity index (χ3n) is 5.19. The largest absolute Gasteiger partial charge is 0.497 e. The molecule has 24 heavy (non-hydrogen) atoms. The molecule has 3 heteroatoms. The van der Waals surface area contributed by atoms with E-state index >= 15 is 0 Å². The van der Waals surface area contributed by atoms with E-state index in [2.05, 4.69) is 47.4 Å². The minimum atomic E-state index is -0.0172. The van der Waals surface area contributed by atoms with Crippen molar-refractivity contribution in [3.05, 3.63) is 77.9 Å². The van der Waals surface area contributed by atoms with Crippen LogP contribution >= 0.6 is 0 Å². The zero-order valence-electron chi connectivity index (χ0n) is 13.8. The fourth-order valence-corrected chi connectivity index (χ4v) is 4.00. The molecule has 0 aliphatic carbocycles. The van der Waals surface area contributed by atoms with E-state index in [1.807, 2.05) is 18.2 Å². The van der Waals surface area contributed by atoms with Gasteiger partial charge in [0, 0.05) is 18.5 Å². The molecule has 0 aromatic heterocycles. The van der Waals surface area contributed by atoms with Gasteiger partial charge in [-0.2, -0.15) is 0 Å². The Balaban J connectivity index is 1.65. The molecular formula is C21H21NO2. The lowest BCUT2D eigenvalue weighted by Crippen LogP contribution is -2.42. The monoisotopic (exact) mass is 319 g/mol. The molecule has 2 bridgehead atoms. The number of carbonyl (C=O) groups is 1. The fraction of sp³-hybridized carbons (Fsp3) is 0.286. The Morgan fingerprint density at radius 1 is 1.12 bits per heavy atom. The van der Waals surface area contributed by atoms with Gasteiger partial charge in [0.05, 0.1) is 13.2 Å². The molecule has 0 amide bonds. The Morgan fingerprint density at radius 3 is 2.75 bits per heavy atom. The summed E-state index contributed by atoms with van der Waals surface area (Å²) in [4.78, 5) is 14.7. The molecule has 0 radical (unpaired) electrons. The van der Waals surface area contributed by atoms with Crippen LogP contribution in [0.5, 0.6) is 5.75 Å². The normalized spacial score (nSPS) is 25.9. The van der Waals surface area contributed by atoms with Crippen molar-refractivity contribution in [1.29, 1.82) is 0 Å². The highest BCUT2D eigenvalue weighted by molar-refractivity contribution is 5.96. The van der Waals surface area contributed by atoms with Crippen molar-refractivity contribution in [3.63, 3.8) is 0 Å². The second-order valence-corrected chi connectivity index (χ2v) is 6.54. The zero-order chi connectivity index (χ0) is 16.5. The van der Waals surface area contributed by atoms with Crippen molar-refractivity contribution in [3.8, 4) is 5.75 Å². The van der Waals surface area contributed by atoms with E-state index in [1.165, 1.54) is 11.1 Å². The molecule has 2 heterocycles. The fourth-order valence-electron chi connectivity index (χ4n) is 4.00. The first-order valence-corrected chi connectivity index (χ1v) is 8.42. The SMILES string of the molecule is COc1cccc([C@H]2C[C@H]3C(=O)C=C[C@H]2N3Cc2ccccc2)c1. The van der Waals surface area contributed by atoms with Crippen LogP contribution in [0.2, 0.25) is 0 Å². The summed E-state index contributed by atoms with van der Waals surface area (Å²) in [5.41, 5.74) is 2.50.